The number of nitrogens with zero attached hydrogens (tertiary/aromatic N) is 4. The number of carbonyl (C=O) groups excluding carboxylic acids is 1. The molecule has 0 saturated carbocycles. The van der Waals surface area contributed by atoms with Crippen LogP contribution in [0.1, 0.15) is 23.7 Å². The molecular weight excluding hydrogens is 340 g/mol. The second kappa shape index (κ2) is 6.16. The number of anilines is 2. The second-order valence-electron chi connectivity index (χ2n) is 7.51. The van der Waals surface area contributed by atoms with Crippen LogP contribution in [0.25, 0.3) is 0 Å². The second-order valence-corrected chi connectivity index (χ2v) is 7.51. The number of hydrogen-bond donors (Lipinski definition) is 0. The summed E-state index contributed by atoms with van der Waals surface area (Å²) in [6.07, 6.45) is 4.12. The molecule has 0 N–H and O–H groups in total. The number of carbonyl (C=O) groups is 1. The van der Waals surface area contributed by atoms with Gasteiger partial charge in [0.25, 0.3) is 0 Å². The van der Waals surface area contributed by atoms with Gasteiger partial charge in [-0.2, -0.15) is 0 Å². The third kappa shape index (κ3) is 2.55. The molecule has 27 heavy (non-hydrogen) atoms. The molecule has 2 fully saturated rings. The van der Waals surface area contributed by atoms with E-state index in [4.69, 9.17) is 9.73 Å². The first-order chi connectivity index (χ1) is 13.2. The molecule has 1 aromatic heterocycles. The monoisotopic (exact) mass is 362 g/mol. The third-order valence-electron chi connectivity index (χ3n) is 5.89. The van der Waals surface area contributed by atoms with Crippen molar-refractivity contribution in [3.63, 3.8) is 0 Å². The van der Waals surface area contributed by atoms with Gasteiger partial charge in [-0.1, -0.05) is 0 Å². The smallest absolute Gasteiger partial charge is 0.178 e. The SMILES string of the molecule is CC12CCN(c3ccc(N4CCOCC4)cc3)C1=Nc1cnccc1C2=O. The van der Waals surface area contributed by atoms with Gasteiger partial charge >= 0.3 is 0 Å². The average Bonchev–Trinajstić information content (AvgIpc) is 3.07. The van der Waals surface area contributed by atoms with E-state index in [9.17, 15) is 4.79 Å². The predicted molar refractivity (Wildman–Crippen MR) is 105 cm³/mol. The van der Waals surface area contributed by atoms with Crippen molar-refractivity contribution in [2.45, 2.75) is 13.3 Å². The van der Waals surface area contributed by atoms with E-state index in [0.717, 1.165) is 50.8 Å². The molecule has 5 rings (SSSR count). The number of rotatable bonds is 2. The van der Waals surface area contributed by atoms with E-state index in [-0.39, 0.29) is 5.78 Å². The number of fused-ring (bicyclic) bond motifs is 2. The van der Waals surface area contributed by atoms with E-state index in [1.54, 1.807) is 18.5 Å². The molecule has 0 amide bonds. The number of aliphatic imine (C=N–C) groups is 1. The topological polar surface area (TPSA) is 58.0 Å². The minimum Gasteiger partial charge on any atom is -0.378 e. The van der Waals surface area contributed by atoms with E-state index in [2.05, 4.69) is 39.0 Å². The molecule has 2 aromatic rings. The summed E-state index contributed by atoms with van der Waals surface area (Å²) >= 11 is 0. The maximum absolute atomic E-state index is 13.1. The molecule has 138 valence electrons. The first-order valence-corrected chi connectivity index (χ1v) is 9.45. The van der Waals surface area contributed by atoms with Crippen LogP contribution < -0.4 is 9.80 Å². The van der Waals surface area contributed by atoms with Crippen LogP contribution in [0.3, 0.4) is 0 Å². The van der Waals surface area contributed by atoms with Crippen LogP contribution in [-0.2, 0) is 4.74 Å². The van der Waals surface area contributed by atoms with Crippen molar-refractivity contribution in [1.82, 2.24) is 4.98 Å². The zero-order valence-electron chi connectivity index (χ0n) is 15.4. The number of hydrogen-bond acceptors (Lipinski definition) is 6. The number of benzene rings is 1. The Bertz CT molecular complexity index is 918. The van der Waals surface area contributed by atoms with E-state index in [1.165, 1.54) is 5.69 Å². The lowest BCUT2D eigenvalue weighted by Gasteiger charge is -2.31. The van der Waals surface area contributed by atoms with Gasteiger partial charge in [0.15, 0.2) is 5.78 Å². The molecule has 4 heterocycles. The molecule has 1 atom stereocenters. The van der Waals surface area contributed by atoms with Crippen molar-refractivity contribution in [3.05, 3.63) is 48.3 Å². The largest absolute Gasteiger partial charge is 0.378 e. The van der Waals surface area contributed by atoms with Crippen molar-refractivity contribution in [3.8, 4) is 0 Å². The molecule has 3 aliphatic heterocycles. The Morgan fingerprint density at radius 2 is 1.78 bits per heavy atom. The molecule has 3 aliphatic rings. The number of amidine groups is 1. The van der Waals surface area contributed by atoms with Gasteiger partial charge in [-0.25, -0.2) is 4.99 Å². The highest BCUT2D eigenvalue weighted by molar-refractivity contribution is 6.25. The van der Waals surface area contributed by atoms with Crippen molar-refractivity contribution in [2.75, 3.05) is 42.6 Å². The Labute approximate surface area is 158 Å². The summed E-state index contributed by atoms with van der Waals surface area (Å²) in [4.78, 5) is 26.6. The predicted octanol–water partition coefficient (Wildman–Crippen LogP) is 3.06. The molecule has 0 radical (unpaired) electrons. The van der Waals surface area contributed by atoms with Crippen molar-refractivity contribution in [2.24, 2.45) is 10.4 Å². The molecule has 6 heteroatoms. The average molecular weight is 362 g/mol. The van der Waals surface area contributed by atoms with E-state index in [1.807, 2.05) is 6.92 Å². The van der Waals surface area contributed by atoms with Crippen LogP contribution in [0.15, 0.2) is 47.7 Å². The Balaban J connectivity index is 1.48. The quantitative estimate of drug-likeness (QED) is 0.822. The van der Waals surface area contributed by atoms with Crippen LogP contribution in [-0.4, -0.2) is 49.5 Å². The fourth-order valence-corrected chi connectivity index (χ4v) is 4.24. The van der Waals surface area contributed by atoms with Crippen molar-refractivity contribution >= 4 is 28.7 Å². The maximum Gasteiger partial charge on any atom is 0.178 e. The van der Waals surface area contributed by atoms with Crippen LogP contribution >= 0.6 is 0 Å². The molecule has 6 nitrogen and oxygen atoms in total. The van der Waals surface area contributed by atoms with Gasteiger partial charge in [-0.3, -0.25) is 9.78 Å². The molecule has 0 spiro atoms. The van der Waals surface area contributed by atoms with Crippen LogP contribution in [0.5, 0.6) is 0 Å². The fraction of sp³-hybridized carbons (Fsp3) is 0.381. The molecule has 0 aliphatic carbocycles. The lowest BCUT2D eigenvalue weighted by Crippen LogP contribution is -2.40. The highest BCUT2D eigenvalue weighted by atomic mass is 16.5. The summed E-state index contributed by atoms with van der Waals surface area (Å²) < 4.78 is 5.43. The number of Topliss-reactive ketones (excluding diaryl/α,β-unsaturated/α-hetero) is 1. The minimum absolute atomic E-state index is 0.150. The van der Waals surface area contributed by atoms with Gasteiger partial charge in [0.2, 0.25) is 0 Å². The Kier molecular flexibility index (Phi) is 3.75. The third-order valence-corrected chi connectivity index (χ3v) is 5.89. The van der Waals surface area contributed by atoms with Crippen molar-refractivity contribution in [1.29, 1.82) is 0 Å². The number of morpholine rings is 1. The van der Waals surface area contributed by atoms with Crippen LogP contribution in [0, 0.1) is 5.41 Å². The standard InChI is InChI=1S/C21H22N4O2/c1-21-7-9-25(20(21)23-18-14-22-8-6-17(18)19(21)26)16-4-2-15(3-5-16)24-10-12-27-13-11-24/h2-6,8,14H,7,9-13H2,1H3. The molecule has 1 unspecified atom stereocenters. The molecule has 1 aromatic carbocycles. The lowest BCUT2D eigenvalue weighted by molar-refractivity contribution is 0.0887. The highest BCUT2D eigenvalue weighted by Gasteiger charge is 2.49. The normalized spacial score (nSPS) is 24.5. The molecule has 0 bridgehead atoms. The van der Waals surface area contributed by atoms with Gasteiger partial charge in [-0.05, 0) is 43.7 Å². The Hall–Kier alpha value is -2.73. The minimum atomic E-state index is -0.558. The van der Waals surface area contributed by atoms with Crippen LogP contribution in [0.2, 0.25) is 0 Å². The molecular formula is C21H22N4O2. The Morgan fingerprint density at radius 3 is 2.56 bits per heavy atom. The van der Waals surface area contributed by atoms with Gasteiger partial charge < -0.3 is 14.5 Å². The van der Waals surface area contributed by atoms with Crippen LogP contribution in [0.4, 0.5) is 17.1 Å². The zero-order valence-corrected chi connectivity index (χ0v) is 15.4. The number of pyridine rings is 1. The van der Waals surface area contributed by atoms with Gasteiger partial charge in [0.05, 0.1) is 30.5 Å². The van der Waals surface area contributed by atoms with Crippen molar-refractivity contribution < 1.29 is 9.53 Å². The summed E-state index contributed by atoms with van der Waals surface area (Å²) in [5, 5.41) is 0. The molecule has 2 saturated heterocycles. The van der Waals surface area contributed by atoms with Gasteiger partial charge in [-0.15, -0.1) is 0 Å². The Morgan fingerprint density at radius 1 is 1.04 bits per heavy atom. The number of aromatic nitrogens is 1. The van der Waals surface area contributed by atoms with Gasteiger partial charge in [0, 0.05) is 42.8 Å². The van der Waals surface area contributed by atoms with E-state index >= 15 is 0 Å². The lowest BCUT2D eigenvalue weighted by atomic mass is 9.78. The maximum atomic E-state index is 13.1. The van der Waals surface area contributed by atoms with E-state index < -0.39 is 5.41 Å². The summed E-state index contributed by atoms with van der Waals surface area (Å²) in [7, 11) is 0. The first-order valence-electron chi connectivity index (χ1n) is 9.45. The first kappa shape index (κ1) is 16.4. The summed E-state index contributed by atoms with van der Waals surface area (Å²) in [5.74, 6) is 0.990. The van der Waals surface area contributed by atoms with E-state index in [0.29, 0.717) is 11.3 Å². The summed E-state index contributed by atoms with van der Waals surface area (Å²) in [6, 6.07) is 10.3. The summed E-state index contributed by atoms with van der Waals surface area (Å²) in [6.45, 7) is 6.20. The number of ketones is 1. The summed E-state index contributed by atoms with van der Waals surface area (Å²) in [5.41, 5.74) is 3.08. The number of ether oxygens (including phenoxy) is 1. The fourth-order valence-electron chi connectivity index (χ4n) is 4.24. The zero-order chi connectivity index (χ0) is 18.4. The van der Waals surface area contributed by atoms with Gasteiger partial charge in [0.1, 0.15) is 5.84 Å². The highest BCUT2D eigenvalue weighted by Crippen LogP contribution is 2.44.